The van der Waals surface area contributed by atoms with Crippen molar-refractivity contribution in [2.24, 2.45) is 0 Å². The van der Waals surface area contributed by atoms with E-state index in [-0.39, 0.29) is 11.2 Å². The van der Waals surface area contributed by atoms with Crippen molar-refractivity contribution in [3.63, 3.8) is 0 Å². The van der Waals surface area contributed by atoms with Crippen LogP contribution in [0.3, 0.4) is 0 Å². The van der Waals surface area contributed by atoms with Gasteiger partial charge in [0.2, 0.25) is 11.1 Å². The van der Waals surface area contributed by atoms with Gasteiger partial charge in [0.15, 0.2) is 5.82 Å². The Morgan fingerprint density at radius 2 is 1.92 bits per heavy atom. The maximum Gasteiger partial charge on any atom is 0.237 e. The Hall–Kier alpha value is -2.02. The van der Waals surface area contributed by atoms with Crippen LogP contribution in [0.2, 0.25) is 10.0 Å². The molecule has 1 amide bonds. The van der Waals surface area contributed by atoms with Crippen molar-refractivity contribution in [2.45, 2.75) is 17.3 Å². The molecule has 3 aromatic rings. The SMILES string of the molecule is C[C@@H](Sc1n[nH]c(-c2ccc(Cl)cc2)n1)C(=O)Nc1cccc(Cl)c1. The molecule has 0 fully saturated rings. The monoisotopic (exact) mass is 392 g/mol. The molecule has 0 saturated heterocycles. The predicted molar refractivity (Wildman–Crippen MR) is 102 cm³/mol. The minimum atomic E-state index is -0.368. The molecule has 0 aliphatic heterocycles. The number of anilines is 1. The summed E-state index contributed by atoms with van der Waals surface area (Å²) in [5.41, 5.74) is 1.53. The van der Waals surface area contributed by atoms with Gasteiger partial charge in [-0.2, -0.15) is 0 Å². The first-order valence-corrected chi connectivity index (χ1v) is 9.06. The number of hydrogen-bond acceptors (Lipinski definition) is 4. The fraction of sp³-hybridized carbons (Fsp3) is 0.118. The lowest BCUT2D eigenvalue weighted by molar-refractivity contribution is -0.115. The number of amides is 1. The third-order valence-corrected chi connectivity index (χ3v) is 4.77. The summed E-state index contributed by atoms with van der Waals surface area (Å²) in [6, 6.07) is 14.3. The Morgan fingerprint density at radius 3 is 2.64 bits per heavy atom. The first-order chi connectivity index (χ1) is 12.0. The van der Waals surface area contributed by atoms with Crippen LogP contribution in [-0.4, -0.2) is 26.3 Å². The van der Waals surface area contributed by atoms with Crippen LogP contribution in [0.5, 0.6) is 0 Å². The van der Waals surface area contributed by atoms with Gasteiger partial charge in [0.05, 0.1) is 5.25 Å². The molecule has 5 nitrogen and oxygen atoms in total. The number of carbonyl (C=O) groups excluding carboxylic acids is 1. The van der Waals surface area contributed by atoms with E-state index in [1.54, 1.807) is 43.3 Å². The lowest BCUT2D eigenvalue weighted by Crippen LogP contribution is -2.22. The van der Waals surface area contributed by atoms with Gasteiger partial charge in [-0.3, -0.25) is 9.89 Å². The molecular formula is C17H14Cl2N4OS. The number of aromatic amines is 1. The highest BCUT2D eigenvalue weighted by molar-refractivity contribution is 8.00. The number of H-pyrrole nitrogens is 1. The lowest BCUT2D eigenvalue weighted by Gasteiger charge is -2.10. The number of thioether (sulfide) groups is 1. The van der Waals surface area contributed by atoms with E-state index in [9.17, 15) is 4.79 Å². The zero-order valence-corrected chi connectivity index (χ0v) is 15.5. The zero-order valence-electron chi connectivity index (χ0n) is 13.2. The molecule has 3 rings (SSSR count). The molecule has 1 atom stereocenters. The third-order valence-electron chi connectivity index (χ3n) is 3.33. The van der Waals surface area contributed by atoms with Crippen LogP contribution in [0.15, 0.2) is 53.7 Å². The van der Waals surface area contributed by atoms with Crippen molar-refractivity contribution in [1.82, 2.24) is 15.2 Å². The minimum absolute atomic E-state index is 0.148. The molecule has 128 valence electrons. The van der Waals surface area contributed by atoms with Gasteiger partial charge in [-0.1, -0.05) is 41.0 Å². The Kier molecular flexibility index (Phi) is 5.63. The van der Waals surface area contributed by atoms with Crippen LogP contribution in [0.1, 0.15) is 6.92 Å². The van der Waals surface area contributed by atoms with Crippen molar-refractivity contribution in [2.75, 3.05) is 5.32 Å². The fourth-order valence-corrected chi connectivity index (χ4v) is 3.10. The molecule has 0 aliphatic rings. The predicted octanol–water partition coefficient (Wildman–Crippen LogP) is 4.90. The van der Waals surface area contributed by atoms with E-state index in [1.165, 1.54) is 11.8 Å². The first kappa shape index (κ1) is 17.8. The number of carbonyl (C=O) groups is 1. The molecule has 1 aromatic heterocycles. The molecule has 8 heteroatoms. The second-order valence-electron chi connectivity index (χ2n) is 5.23. The first-order valence-electron chi connectivity index (χ1n) is 7.43. The summed E-state index contributed by atoms with van der Waals surface area (Å²) in [6.45, 7) is 1.79. The van der Waals surface area contributed by atoms with Crippen LogP contribution in [0.4, 0.5) is 5.69 Å². The molecule has 0 aliphatic carbocycles. The number of halogens is 2. The van der Waals surface area contributed by atoms with Gasteiger partial charge in [0, 0.05) is 21.3 Å². The Balaban J connectivity index is 1.63. The Morgan fingerprint density at radius 1 is 1.16 bits per heavy atom. The molecule has 25 heavy (non-hydrogen) atoms. The van der Waals surface area contributed by atoms with E-state index < -0.39 is 0 Å². The van der Waals surface area contributed by atoms with Crippen LogP contribution < -0.4 is 5.32 Å². The van der Waals surface area contributed by atoms with Gasteiger partial charge in [-0.05, 0) is 49.4 Å². The smallest absolute Gasteiger partial charge is 0.237 e. The molecule has 0 bridgehead atoms. The summed E-state index contributed by atoms with van der Waals surface area (Å²) in [4.78, 5) is 16.7. The van der Waals surface area contributed by atoms with Gasteiger partial charge < -0.3 is 5.32 Å². The van der Waals surface area contributed by atoms with Gasteiger partial charge in [-0.25, -0.2) is 4.98 Å². The number of aromatic nitrogens is 3. The summed E-state index contributed by atoms with van der Waals surface area (Å²) < 4.78 is 0. The van der Waals surface area contributed by atoms with E-state index in [1.807, 2.05) is 12.1 Å². The van der Waals surface area contributed by atoms with Gasteiger partial charge >= 0.3 is 0 Å². The molecule has 0 unspecified atom stereocenters. The van der Waals surface area contributed by atoms with Crippen molar-refractivity contribution >= 4 is 46.6 Å². The Labute approximate surface area is 159 Å². The van der Waals surface area contributed by atoms with Crippen molar-refractivity contribution in [3.8, 4) is 11.4 Å². The molecule has 1 heterocycles. The van der Waals surface area contributed by atoms with E-state index in [4.69, 9.17) is 23.2 Å². The fourth-order valence-electron chi connectivity index (χ4n) is 2.06. The highest BCUT2D eigenvalue weighted by Gasteiger charge is 2.17. The van der Waals surface area contributed by atoms with Crippen LogP contribution in [0.25, 0.3) is 11.4 Å². The quantitative estimate of drug-likeness (QED) is 0.605. The normalized spacial score (nSPS) is 12.0. The number of hydrogen-bond donors (Lipinski definition) is 2. The van der Waals surface area contributed by atoms with E-state index >= 15 is 0 Å². The second-order valence-corrected chi connectivity index (χ2v) is 7.41. The standard InChI is InChI=1S/C17H14Cl2N4OS/c1-10(16(24)20-14-4-2-3-13(19)9-14)25-17-21-15(22-23-17)11-5-7-12(18)8-6-11/h2-10H,1H3,(H,20,24)(H,21,22,23)/t10-/m1/s1. The molecule has 0 radical (unpaired) electrons. The van der Waals surface area contributed by atoms with Crippen LogP contribution in [0, 0.1) is 0 Å². The topological polar surface area (TPSA) is 70.7 Å². The molecule has 0 saturated carbocycles. The number of benzene rings is 2. The summed E-state index contributed by atoms with van der Waals surface area (Å²) in [5, 5.41) is 11.2. The maximum absolute atomic E-state index is 12.3. The van der Waals surface area contributed by atoms with E-state index in [2.05, 4.69) is 20.5 Å². The number of rotatable bonds is 5. The van der Waals surface area contributed by atoms with Crippen molar-refractivity contribution < 1.29 is 4.79 Å². The van der Waals surface area contributed by atoms with E-state index in [0.29, 0.717) is 26.7 Å². The molecule has 2 N–H and O–H groups in total. The van der Waals surface area contributed by atoms with Gasteiger partial charge in [0.1, 0.15) is 0 Å². The summed E-state index contributed by atoms with van der Waals surface area (Å²) in [6.07, 6.45) is 0. The van der Waals surface area contributed by atoms with Crippen molar-refractivity contribution in [3.05, 3.63) is 58.6 Å². The minimum Gasteiger partial charge on any atom is -0.325 e. The Bertz CT molecular complexity index is 882. The lowest BCUT2D eigenvalue weighted by atomic mass is 10.2. The molecule has 0 spiro atoms. The highest BCUT2D eigenvalue weighted by Crippen LogP contribution is 2.24. The van der Waals surface area contributed by atoms with Crippen LogP contribution in [-0.2, 0) is 4.79 Å². The molecular weight excluding hydrogens is 379 g/mol. The highest BCUT2D eigenvalue weighted by atomic mass is 35.5. The number of nitrogens with one attached hydrogen (secondary N) is 2. The largest absolute Gasteiger partial charge is 0.325 e. The van der Waals surface area contributed by atoms with Crippen LogP contribution >= 0.6 is 35.0 Å². The average molecular weight is 393 g/mol. The summed E-state index contributed by atoms with van der Waals surface area (Å²) in [7, 11) is 0. The maximum atomic E-state index is 12.3. The van der Waals surface area contributed by atoms with E-state index in [0.717, 1.165) is 5.56 Å². The second kappa shape index (κ2) is 7.91. The molecule has 2 aromatic carbocycles. The summed E-state index contributed by atoms with van der Waals surface area (Å²) >= 11 is 13.1. The zero-order chi connectivity index (χ0) is 17.8. The third kappa shape index (κ3) is 4.75. The van der Waals surface area contributed by atoms with Gasteiger partial charge in [0.25, 0.3) is 0 Å². The summed E-state index contributed by atoms with van der Waals surface area (Å²) in [5.74, 6) is 0.478. The van der Waals surface area contributed by atoms with Gasteiger partial charge in [-0.15, -0.1) is 5.10 Å². The number of nitrogens with zero attached hydrogens (tertiary/aromatic N) is 2. The van der Waals surface area contributed by atoms with Crippen molar-refractivity contribution in [1.29, 1.82) is 0 Å². The average Bonchev–Trinajstić information content (AvgIpc) is 3.04.